The van der Waals surface area contributed by atoms with Gasteiger partial charge < -0.3 is 15.4 Å². The van der Waals surface area contributed by atoms with Crippen LogP contribution in [0.1, 0.15) is 5.56 Å². The summed E-state index contributed by atoms with van der Waals surface area (Å²) in [6.07, 6.45) is 0.810. The average molecular weight is 396 g/mol. The summed E-state index contributed by atoms with van der Waals surface area (Å²) in [5.74, 6) is 0.602. The van der Waals surface area contributed by atoms with Crippen LogP contribution in [0.4, 0.5) is 0 Å². The van der Waals surface area contributed by atoms with E-state index in [4.69, 9.17) is 22.1 Å². The molecule has 0 unspecified atom stereocenters. The largest absolute Gasteiger partial charge is 0.378 e. The Labute approximate surface area is 136 Å². The summed E-state index contributed by atoms with van der Waals surface area (Å²) in [6.45, 7) is 3.75. The number of rotatable bonds is 3. The molecule has 0 amide bonds. The SMILES string of the molecule is I.NC(=NCCc1ccccc1Cl)N1CCOCC1. The monoisotopic (exact) mass is 395 g/mol. The molecule has 2 N–H and O–H groups in total. The molecule has 1 saturated heterocycles. The van der Waals surface area contributed by atoms with Crippen molar-refractivity contribution >= 4 is 41.5 Å². The van der Waals surface area contributed by atoms with Gasteiger partial charge in [0.25, 0.3) is 0 Å². The zero-order valence-corrected chi connectivity index (χ0v) is 13.8. The minimum atomic E-state index is 0. The third kappa shape index (κ3) is 5.16. The zero-order chi connectivity index (χ0) is 12.8. The van der Waals surface area contributed by atoms with Gasteiger partial charge in [-0.05, 0) is 18.1 Å². The first kappa shape index (κ1) is 16.5. The molecule has 0 radical (unpaired) electrons. The second kappa shape index (κ2) is 8.60. The number of aliphatic imine (C=N–C) groups is 1. The molecule has 19 heavy (non-hydrogen) atoms. The van der Waals surface area contributed by atoms with Gasteiger partial charge in [-0.15, -0.1) is 24.0 Å². The molecule has 1 aromatic rings. The highest BCUT2D eigenvalue weighted by atomic mass is 127. The Balaban J connectivity index is 0.00000180. The molecule has 6 heteroatoms. The Kier molecular flexibility index (Phi) is 7.48. The summed E-state index contributed by atoms with van der Waals surface area (Å²) in [5, 5.41) is 0.789. The highest BCUT2D eigenvalue weighted by Gasteiger charge is 2.11. The van der Waals surface area contributed by atoms with Crippen LogP contribution < -0.4 is 5.73 Å². The third-order valence-corrected chi connectivity index (χ3v) is 3.32. The summed E-state index contributed by atoms with van der Waals surface area (Å²) in [6, 6.07) is 7.82. The molecule has 0 spiro atoms. The Morgan fingerprint density at radius 2 is 2.00 bits per heavy atom. The number of hydrogen-bond donors (Lipinski definition) is 1. The number of benzene rings is 1. The van der Waals surface area contributed by atoms with E-state index in [-0.39, 0.29) is 24.0 Å². The van der Waals surface area contributed by atoms with Crippen molar-refractivity contribution in [1.29, 1.82) is 0 Å². The van der Waals surface area contributed by atoms with Crippen molar-refractivity contribution in [2.24, 2.45) is 10.7 Å². The molecule has 1 fully saturated rings. The Morgan fingerprint density at radius 1 is 1.32 bits per heavy atom. The minimum absolute atomic E-state index is 0. The van der Waals surface area contributed by atoms with Crippen LogP contribution in [0.3, 0.4) is 0 Å². The van der Waals surface area contributed by atoms with Crippen LogP contribution in [-0.2, 0) is 11.2 Å². The van der Waals surface area contributed by atoms with Gasteiger partial charge in [0.2, 0.25) is 0 Å². The molecule has 1 heterocycles. The number of halogens is 2. The quantitative estimate of drug-likeness (QED) is 0.485. The maximum absolute atomic E-state index is 6.08. The normalized spacial score (nSPS) is 16.1. The highest BCUT2D eigenvalue weighted by molar-refractivity contribution is 14.0. The molecule has 106 valence electrons. The van der Waals surface area contributed by atoms with Crippen LogP contribution in [-0.4, -0.2) is 43.7 Å². The maximum Gasteiger partial charge on any atom is 0.191 e. The predicted octanol–water partition coefficient (Wildman–Crippen LogP) is 2.15. The van der Waals surface area contributed by atoms with Crippen molar-refractivity contribution in [2.75, 3.05) is 32.8 Å². The number of nitrogens with two attached hydrogens (primary N) is 1. The standard InChI is InChI=1S/C13H18ClN3O.HI/c14-12-4-2-1-3-11(12)5-6-16-13(15)17-7-9-18-10-8-17;/h1-4H,5-10H2,(H2,15,16);1H. The van der Waals surface area contributed by atoms with E-state index < -0.39 is 0 Å². The number of morpholine rings is 1. The smallest absolute Gasteiger partial charge is 0.191 e. The van der Waals surface area contributed by atoms with Crippen molar-refractivity contribution in [3.8, 4) is 0 Å². The lowest BCUT2D eigenvalue weighted by Crippen LogP contribution is -2.44. The fourth-order valence-corrected chi connectivity index (χ4v) is 2.11. The maximum atomic E-state index is 6.08. The first-order chi connectivity index (χ1) is 8.77. The first-order valence-corrected chi connectivity index (χ1v) is 6.51. The van der Waals surface area contributed by atoms with Crippen LogP contribution in [0.25, 0.3) is 0 Å². The van der Waals surface area contributed by atoms with Gasteiger partial charge in [0.05, 0.1) is 13.2 Å². The number of nitrogens with zero attached hydrogens (tertiary/aromatic N) is 2. The van der Waals surface area contributed by atoms with Crippen LogP contribution in [0.5, 0.6) is 0 Å². The fraction of sp³-hybridized carbons (Fsp3) is 0.462. The van der Waals surface area contributed by atoms with E-state index in [9.17, 15) is 0 Å². The lowest BCUT2D eigenvalue weighted by molar-refractivity contribution is 0.0674. The van der Waals surface area contributed by atoms with Crippen LogP contribution in [0.2, 0.25) is 5.02 Å². The van der Waals surface area contributed by atoms with Gasteiger partial charge in [-0.3, -0.25) is 4.99 Å². The first-order valence-electron chi connectivity index (χ1n) is 6.13. The molecule has 2 rings (SSSR count). The topological polar surface area (TPSA) is 50.8 Å². The number of hydrogen-bond acceptors (Lipinski definition) is 2. The van der Waals surface area contributed by atoms with Gasteiger partial charge in [0.1, 0.15) is 0 Å². The zero-order valence-electron chi connectivity index (χ0n) is 10.7. The summed E-state index contributed by atoms with van der Waals surface area (Å²) in [7, 11) is 0. The van der Waals surface area contributed by atoms with Crippen molar-refractivity contribution < 1.29 is 4.74 Å². The molecule has 1 aliphatic heterocycles. The van der Waals surface area contributed by atoms with Gasteiger partial charge in [-0.2, -0.15) is 0 Å². The average Bonchev–Trinajstić information content (AvgIpc) is 2.42. The molecule has 0 bridgehead atoms. The van der Waals surface area contributed by atoms with E-state index in [1.54, 1.807) is 0 Å². The molecule has 1 aliphatic rings. The van der Waals surface area contributed by atoms with Gasteiger partial charge >= 0.3 is 0 Å². The summed E-state index contributed by atoms with van der Waals surface area (Å²) >= 11 is 6.08. The van der Waals surface area contributed by atoms with Crippen LogP contribution in [0, 0.1) is 0 Å². The Hall–Kier alpha value is -0.530. The van der Waals surface area contributed by atoms with E-state index in [2.05, 4.69) is 9.89 Å². The second-order valence-corrected chi connectivity index (χ2v) is 4.59. The van der Waals surface area contributed by atoms with E-state index in [0.717, 1.165) is 43.3 Å². The highest BCUT2D eigenvalue weighted by Crippen LogP contribution is 2.15. The minimum Gasteiger partial charge on any atom is -0.378 e. The van der Waals surface area contributed by atoms with E-state index in [1.807, 2.05) is 24.3 Å². The van der Waals surface area contributed by atoms with E-state index in [1.165, 1.54) is 0 Å². The van der Waals surface area contributed by atoms with Crippen molar-refractivity contribution in [1.82, 2.24) is 4.90 Å². The third-order valence-electron chi connectivity index (χ3n) is 2.95. The lowest BCUT2D eigenvalue weighted by atomic mass is 10.1. The molecule has 1 aromatic carbocycles. The molecule has 0 saturated carbocycles. The lowest BCUT2D eigenvalue weighted by Gasteiger charge is -2.27. The molecule has 0 atom stereocenters. The summed E-state index contributed by atoms with van der Waals surface area (Å²) < 4.78 is 5.27. The summed E-state index contributed by atoms with van der Waals surface area (Å²) in [5.41, 5.74) is 7.05. The molecular weight excluding hydrogens is 377 g/mol. The van der Waals surface area contributed by atoms with Crippen LogP contribution >= 0.6 is 35.6 Å². The van der Waals surface area contributed by atoms with Gasteiger partial charge in [0, 0.05) is 24.7 Å². The Bertz CT molecular complexity index is 422. The second-order valence-electron chi connectivity index (χ2n) is 4.18. The molecule has 0 aliphatic carbocycles. The van der Waals surface area contributed by atoms with E-state index >= 15 is 0 Å². The van der Waals surface area contributed by atoms with Crippen molar-refractivity contribution in [3.63, 3.8) is 0 Å². The van der Waals surface area contributed by atoms with Crippen molar-refractivity contribution in [3.05, 3.63) is 34.9 Å². The van der Waals surface area contributed by atoms with Gasteiger partial charge in [0.15, 0.2) is 5.96 Å². The van der Waals surface area contributed by atoms with E-state index in [0.29, 0.717) is 12.5 Å². The molecular formula is C13H19ClIN3O. The summed E-state index contributed by atoms with van der Waals surface area (Å²) in [4.78, 5) is 6.44. The number of guanidine groups is 1. The van der Waals surface area contributed by atoms with Crippen LogP contribution in [0.15, 0.2) is 29.3 Å². The fourth-order valence-electron chi connectivity index (χ4n) is 1.88. The van der Waals surface area contributed by atoms with Gasteiger partial charge in [-0.1, -0.05) is 29.8 Å². The van der Waals surface area contributed by atoms with Crippen molar-refractivity contribution in [2.45, 2.75) is 6.42 Å². The molecule has 0 aromatic heterocycles. The number of ether oxygens (including phenoxy) is 1. The van der Waals surface area contributed by atoms with Gasteiger partial charge in [-0.25, -0.2) is 0 Å². The predicted molar refractivity (Wildman–Crippen MR) is 89.5 cm³/mol. The molecule has 4 nitrogen and oxygen atoms in total. The Morgan fingerprint density at radius 3 is 2.68 bits per heavy atom.